The molecule has 2 aromatic carbocycles. The SMILES string of the molecule is CC(C)C(C(=O)N1CCN(CC(=O)NCc2ccccc2)CC1)N1C(=O)c2ccccc2C1=O. The minimum atomic E-state index is -0.854. The van der Waals surface area contributed by atoms with Crippen molar-refractivity contribution >= 4 is 23.6 Å². The molecule has 1 unspecified atom stereocenters. The van der Waals surface area contributed by atoms with Crippen LogP contribution in [0.25, 0.3) is 0 Å². The first-order chi connectivity index (χ1) is 16.4. The molecule has 1 N–H and O–H groups in total. The van der Waals surface area contributed by atoms with E-state index in [0.29, 0.717) is 43.9 Å². The van der Waals surface area contributed by atoms with Gasteiger partial charge >= 0.3 is 0 Å². The number of amides is 4. The van der Waals surface area contributed by atoms with Crippen LogP contribution in [0, 0.1) is 5.92 Å². The van der Waals surface area contributed by atoms with E-state index >= 15 is 0 Å². The molecular formula is C26H30N4O4. The zero-order valence-corrected chi connectivity index (χ0v) is 19.6. The van der Waals surface area contributed by atoms with Crippen LogP contribution in [0.4, 0.5) is 0 Å². The second-order valence-electron chi connectivity index (χ2n) is 9.08. The number of piperazine rings is 1. The Balaban J connectivity index is 1.33. The normalized spacial score (nSPS) is 17.1. The van der Waals surface area contributed by atoms with Crippen LogP contribution in [0.2, 0.25) is 0 Å². The van der Waals surface area contributed by atoms with E-state index < -0.39 is 17.9 Å². The molecule has 0 saturated carbocycles. The van der Waals surface area contributed by atoms with Crippen LogP contribution < -0.4 is 5.32 Å². The smallest absolute Gasteiger partial charge is 0.262 e. The summed E-state index contributed by atoms with van der Waals surface area (Å²) in [6.07, 6.45) is 0. The molecule has 1 fully saturated rings. The van der Waals surface area contributed by atoms with Crippen LogP contribution in [0.5, 0.6) is 0 Å². The lowest BCUT2D eigenvalue weighted by Crippen LogP contribution is -2.58. The third-order valence-corrected chi connectivity index (χ3v) is 6.37. The van der Waals surface area contributed by atoms with Gasteiger partial charge in [-0.15, -0.1) is 0 Å². The Bertz CT molecular complexity index is 1040. The van der Waals surface area contributed by atoms with Crippen molar-refractivity contribution < 1.29 is 19.2 Å². The van der Waals surface area contributed by atoms with Crippen molar-refractivity contribution in [1.29, 1.82) is 0 Å². The highest BCUT2D eigenvalue weighted by molar-refractivity contribution is 6.22. The molecule has 178 valence electrons. The summed E-state index contributed by atoms with van der Waals surface area (Å²) in [6.45, 7) is 6.43. The number of nitrogens with one attached hydrogen (secondary N) is 1. The second-order valence-corrected chi connectivity index (χ2v) is 9.08. The maximum absolute atomic E-state index is 13.4. The number of hydrogen-bond donors (Lipinski definition) is 1. The van der Waals surface area contributed by atoms with E-state index in [-0.39, 0.29) is 24.3 Å². The number of nitrogens with zero attached hydrogens (tertiary/aromatic N) is 3. The summed E-state index contributed by atoms with van der Waals surface area (Å²) in [5.41, 5.74) is 1.73. The van der Waals surface area contributed by atoms with Gasteiger partial charge in [0.1, 0.15) is 6.04 Å². The molecule has 8 nitrogen and oxygen atoms in total. The molecule has 1 atom stereocenters. The molecule has 0 bridgehead atoms. The Hall–Kier alpha value is -3.52. The molecule has 2 aromatic rings. The molecule has 4 amide bonds. The van der Waals surface area contributed by atoms with Gasteiger partial charge < -0.3 is 10.2 Å². The van der Waals surface area contributed by atoms with Crippen molar-refractivity contribution in [3.05, 3.63) is 71.3 Å². The van der Waals surface area contributed by atoms with Gasteiger partial charge in [-0.25, -0.2) is 0 Å². The summed E-state index contributed by atoms with van der Waals surface area (Å²) in [6, 6.07) is 15.6. The largest absolute Gasteiger partial charge is 0.351 e. The van der Waals surface area contributed by atoms with Gasteiger partial charge in [-0.1, -0.05) is 56.3 Å². The van der Waals surface area contributed by atoms with Crippen LogP contribution in [-0.2, 0) is 16.1 Å². The Labute approximate surface area is 199 Å². The van der Waals surface area contributed by atoms with Crippen molar-refractivity contribution in [2.45, 2.75) is 26.4 Å². The zero-order valence-electron chi connectivity index (χ0n) is 19.6. The predicted octanol–water partition coefficient (Wildman–Crippen LogP) is 1.77. The average Bonchev–Trinajstić information content (AvgIpc) is 3.09. The third kappa shape index (κ3) is 4.87. The van der Waals surface area contributed by atoms with E-state index in [2.05, 4.69) is 5.32 Å². The first kappa shape index (κ1) is 23.6. The standard InChI is InChI=1S/C26H30N4O4/c1-18(2)23(30-24(32)20-10-6-7-11-21(20)25(30)33)26(34)29-14-12-28(13-15-29)17-22(31)27-16-19-8-4-3-5-9-19/h3-11,18,23H,12-17H2,1-2H3,(H,27,31). The molecule has 4 rings (SSSR count). The lowest BCUT2D eigenvalue weighted by Gasteiger charge is -2.38. The second kappa shape index (κ2) is 10.2. The van der Waals surface area contributed by atoms with Gasteiger partial charge in [0.25, 0.3) is 11.8 Å². The Kier molecular flexibility index (Phi) is 7.07. The number of fused-ring (bicyclic) bond motifs is 1. The van der Waals surface area contributed by atoms with E-state index in [1.54, 1.807) is 29.2 Å². The Morgan fingerprint density at radius 3 is 1.97 bits per heavy atom. The van der Waals surface area contributed by atoms with E-state index in [1.165, 1.54) is 0 Å². The maximum atomic E-state index is 13.4. The van der Waals surface area contributed by atoms with Crippen LogP contribution in [-0.4, -0.2) is 77.1 Å². The average molecular weight is 463 g/mol. The number of carbonyl (C=O) groups excluding carboxylic acids is 4. The van der Waals surface area contributed by atoms with Crippen LogP contribution in [0.3, 0.4) is 0 Å². The first-order valence-corrected chi connectivity index (χ1v) is 11.7. The molecule has 34 heavy (non-hydrogen) atoms. The van der Waals surface area contributed by atoms with Crippen LogP contribution in [0.1, 0.15) is 40.1 Å². The van der Waals surface area contributed by atoms with Gasteiger partial charge in [0.05, 0.1) is 17.7 Å². The molecule has 0 spiro atoms. The van der Waals surface area contributed by atoms with E-state index in [9.17, 15) is 19.2 Å². The highest BCUT2D eigenvalue weighted by Gasteiger charge is 2.45. The molecule has 0 radical (unpaired) electrons. The van der Waals surface area contributed by atoms with Crippen molar-refractivity contribution in [3.8, 4) is 0 Å². The molecule has 0 aliphatic carbocycles. The fourth-order valence-electron chi connectivity index (χ4n) is 4.52. The topological polar surface area (TPSA) is 90.0 Å². The van der Waals surface area contributed by atoms with Crippen molar-refractivity contribution in [2.24, 2.45) is 5.92 Å². The van der Waals surface area contributed by atoms with Crippen molar-refractivity contribution in [3.63, 3.8) is 0 Å². The number of rotatable bonds is 7. The highest BCUT2D eigenvalue weighted by Crippen LogP contribution is 2.28. The summed E-state index contributed by atoms with van der Waals surface area (Å²) in [4.78, 5) is 56.5. The lowest BCUT2D eigenvalue weighted by atomic mass is 10.0. The summed E-state index contributed by atoms with van der Waals surface area (Å²) < 4.78 is 0. The van der Waals surface area contributed by atoms with Crippen molar-refractivity contribution in [2.75, 3.05) is 32.7 Å². The minimum absolute atomic E-state index is 0.0605. The number of hydrogen-bond acceptors (Lipinski definition) is 5. The minimum Gasteiger partial charge on any atom is -0.351 e. The van der Waals surface area contributed by atoms with Crippen LogP contribution >= 0.6 is 0 Å². The lowest BCUT2D eigenvalue weighted by molar-refractivity contribution is -0.138. The van der Waals surface area contributed by atoms with E-state index in [4.69, 9.17) is 0 Å². The maximum Gasteiger partial charge on any atom is 0.262 e. The monoisotopic (exact) mass is 462 g/mol. The molecule has 2 heterocycles. The first-order valence-electron chi connectivity index (χ1n) is 11.7. The van der Waals surface area contributed by atoms with Gasteiger partial charge in [0, 0.05) is 32.7 Å². The van der Waals surface area contributed by atoms with Gasteiger partial charge in [-0.3, -0.25) is 29.0 Å². The molecule has 2 aliphatic heterocycles. The molecule has 0 aromatic heterocycles. The molecule has 2 aliphatic rings. The summed E-state index contributed by atoms with van der Waals surface area (Å²) in [5, 5.41) is 2.93. The number of benzene rings is 2. The van der Waals surface area contributed by atoms with Crippen LogP contribution in [0.15, 0.2) is 54.6 Å². The van der Waals surface area contributed by atoms with Gasteiger partial charge in [0.2, 0.25) is 11.8 Å². The number of carbonyl (C=O) groups is 4. The number of imide groups is 1. The Morgan fingerprint density at radius 1 is 0.853 bits per heavy atom. The molecular weight excluding hydrogens is 432 g/mol. The van der Waals surface area contributed by atoms with E-state index in [1.807, 2.05) is 49.1 Å². The summed E-state index contributed by atoms with van der Waals surface area (Å²) in [7, 11) is 0. The summed E-state index contributed by atoms with van der Waals surface area (Å²) in [5.74, 6) is -1.34. The quantitative estimate of drug-likeness (QED) is 0.634. The molecule has 1 saturated heterocycles. The highest BCUT2D eigenvalue weighted by atomic mass is 16.2. The van der Waals surface area contributed by atoms with Gasteiger partial charge in [-0.2, -0.15) is 0 Å². The fourth-order valence-corrected chi connectivity index (χ4v) is 4.52. The molecule has 8 heteroatoms. The predicted molar refractivity (Wildman–Crippen MR) is 127 cm³/mol. The third-order valence-electron chi connectivity index (χ3n) is 6.37. The van der Waals surface area contributed by atoms with Crippen molar-refractivity contribution in [1.82, 2.24) is 20.0 Å². The van der Waals surface area contributed by atoms with E-state index in [0.717, 1.165) is 10.5 Å². The van der Waals surface area contributed by atoms with Gasteiger partial charge in [0.15, 0.2) is 0 Å². The Morgan fingerprint density at radius 2 is 1.41 bits per heavy atom. The summed E-state index contributed by atoms with van der Waals surface area (Å²) >= 11 is 0. The fraction of sp³-hybridized carbons (Fsp3) is 0.385. The van der Waals surface area contributed by atoms with Gasteiger partial charge in [-0.05, 0) is 23.6 Å². The zero-order chi connectivity index (χ0) is 24.2.